The Morgan fingerprint density at radius 1 is 1.17 bits per heavy atom. The SMILES string of the molecule is O=S(=O)(NCc1ccccc1C(F)(F)F)c1c(Cl)sc(Cl)c1Br. The minimum Gasteiger partial charge on any atom is -0.207 e. The summed E-state index contributed by atoms with van der Waals surface area (Å²) >= 11 is 15.5. The molecule has 0 saturated heterocycles. The van der Waals surface area contributed by atoms with Gasteiger partial charge in [-0.2, -0.15) is 13.2 Å². The van der Waals surface area contributed by atoms with Gasteiger partial charge in [-0.15, -0.1) is 11.3 Å². The lowest BCUT2D eigenvalue weighted by Crippen LogP contribution is -2.25. The largest absolute Gasteiger partial charge is 0.416 e. The fourth-order valence-electron chi connectivity index (χ4n) is 1.76. The number of rotatable bonds is 4. The highest BCUT2D eigenvalue weighted by Gasteiger charge is 2.33. The van der Waals surface area contributed by atoms with Gasteiger partial charge in [0.25, 0.3) is 0 Å². The van der Waals surface area contributed by atoms with E-state index in [0.717, 1.165) is 17.4 Å². The maximum atomic E-state index is 12.9. The third-order valence-corrected chi connectivity index (χ3v) is 7.64. The Balaban J connectivity index is 2.31. The first-order chi connectivity index (χ1) is 10.5. The van der Waals surface area contributed by atoms with Crippen molar-refractivity contribution in [2.24, 2.45) is 0 Å². The van der Waals surface area contributed by atoms with Crippen LogP contribution in [-0.2, 0) is 22.7 Å². The van der Waals surface area contributed by atoms with Crippen molar-refractivity contribution >= 4 is 60.5 Å². The van der Waals surface area contributed by atoms with E-state index in [1.165, 1.54) is 18.2 Å². The first-order valence-corrected chi connectivity index (χ1v) is 9.67. The van der Waals surface area contributed by atoms with E-state index in [1.54, 1.807) is 0 Å². The predicted octanol–water partition coefficient (Wildman–Crippen LogP) is 5.31. The highest BCUT2D eigenvalue weighted by molar-refractivity contribution is 9.10. The Bertz CT molecular complexity index is 837. The molecule has 0 radical (unpaired) electrons. The summed E-state index contributed by atoms with van der Waals surface area (Å²) in [6.45, 7) is -0.533. The van der Waals surface area contributed by atoms with Gasteiger partial charge < -0.3 is 0 Å². The van der Waals surface area contributed by atoms with Gasteiger partial charge in [0, 0.05) is 6.54 Å². The zero-order chi connectivity index (χ0) is 17.4. The smallest absolute Gasteiger partial charge is 0.207 e. The molecule has 0 bridgehead atoms. The van der Waals surface area contributed by atoms with Crippen molar-refractivity contribution in [3.05, 3.63) is 48.5 Å². The van der Waals surface area contributed by atoms with Crippen LogP contribution < -0.4 is 4.72 Å². The maximum absolute atomic E-state index is 12.9. The van der Waals surface area contributed by atoms with Crippen LogP contribution in [0.25, 0.3) is 0 Å². The Kier molecular flexibility index (Phi) is 5.70. The predicted molar refractivity (Wildman–Crippen MR) is 87.5 cm³/mol. The van der Waals surface area contributed by atoms with Crippen LogP contribution in [0.4, 0.5) is 13.2 Å². The van der Waals surface area contributed by atoms with Crippen molar-refractivity contribution in [3.8, 4) is 0 Å². The van der Waals surface area contributed by atoms with Crippen LogP contribution in [0.1, 0.15) is 11.1 Å². The summed E-state index contributed by atoms with van der Waals surface area (Å²) in [5, 5.41) is 0. The molecule has 1 aromatic carbocycles. The Hall–Kier alpha value is -0.320. The van der Waals surface area contributed by atoms with E-state index < -0.39 is 28.3 Å². The van der Waals surface area contributed by atoms with E-state index in [4.69, 9.17) is 23.2 Å². The molecule has 2 aromatic rings. The van der Waals surface area contributed by atoms with Crippen LogP contribution in [0.2, 0.25) is 8.67 Å². The quantitative estimate of drug-likeness (QED) is 0.660. The normalized spacial score (nSPS) is 12.6. The zero-order valence-electron chi connectivity index (χ0n) is 10.9. The molecule has 3 nitrogen and oxygen atoms in total. The van der Waals surface area contributed by atoms with Crippen molar-refractivity contribution < 1.29 is 21.6 Å². The van der Waals surface area contributed by atoms with Gasteiger partial charge in [-0.3, -0.25) is 0 Å². The average molecular weight is 469 g/mol. The highest BCUT2D eigenvalue weighted by Crippen LogP contribution is 2.43. The molecular formula is C12H7BrCl2F3NO2S2. The van der Waals surface area contributed by atoms with Crippen LogP contribution >= 0.6 is 50.5 Å². The molecular weight excluding hydrogens is 462 g/mol. The number of hydrogen-bond donors (Lipinski definition) is 1. The molecule has 0 aliphatic carbocycles. The minimum atomic E-state index is -4.58. The molecule has 1 heterocycles. The standard InChI is InChI=1S/C12H7BrCl2F3NO2S2/c13-8-9(11(15)22-10(8)14)23(20,21)19-5-6-3-1-2-4-7(6)12(16,17)18/h1-4,19H,5H2. The fraction of sp³-hybridized carbons (Fsp3) is 0.167. The summed E-state index contributed by atoms with van der Waals surface area (Å²) in [5.74, 6) is 0. The number of sulfonamides is 1. The summed E-state index contributed by atoms with van der Waals surface area (Å²) < 4.78 is 65.5. The molecule has 0 amide bonds. The molecule has 23 heavy (non-hydrogen) atoms. The van der Waals surface area contributed by atoms with Crippen LogP contribution in [0.15, 0.2) is 33.6 Å². The van der Waals surface area contributed by atoms with Gasteiger partial charge >= 0.3 is 6.18 Å². The van der Waals surface area contributed by atoms with Crippen LogP contribution in [0.3, 0.4) is 0 Å². The molecule has 0 atom stereocenters. The van der Waals surface area contributed by atoms with Crippen molar-refractivity contribution in [1.29, 1.82) is 0 Å². The molecule has 2 rings (SSSR count). The number of alkyl halides is 3. The van der Waals surface area contributed by atoms with Crippen LogP contribution in [-0.4, -0.2) is 8.42 Å². The minimum absolute atomic E-state index is 0.0748. The molecule has 0 fully saturated rings. The highest BCUT2D eigenvalue weighted by atomic mass is 79.9. The molecule has 0 saturated carbocycles. The van der Waals surface area contributed by atoms with Gasteiger partial charge in [-0.1, -0.05) is 41.4 Å². The summed E-state index contributed by atoms with van der Waals surface area (Å²) in [6, 6.07) is 4.70. The molecule has 1 N–H and O–H groups in total. The van der Waals surface area contributed by atoms with E-state index in [2.05, 4.69) is 20.7 Å². The molecule has 0 aliphatic rings. The third kappa shape index (κ3) is 4.21. The van der Waals surface area contributed by atoms with Gasteiger partial charge in [-0.05, 0) is 27.6 Å². The summed E-state index contributed by atoms with van der Waals surface area (Å²) in [6.07, 6.45) is -4.58. The molecule has 11 heteroatoms. The van der Waals surface area contributed by atoms with Crippen molar-refractivity contribution in [2.75, 3.05) is 0 Å². The summed E-state index contributed by atoms with van der Waals surface area (Å²) in [7, 11) is -4.13. The number of thiophene rings is 1. The second-order valence-electron chi connectivity index (χ2n) is 4.27. The van der Waals surface area contributed by atoms with E-state index in [9.17, 15) is 21.6 Å². The van der Waals surface area contributed by atoms with E-state index in [1.807, 2.05) is 0 Å². The van der Waals surface area contributed by atoms with Crippen molar-refractivity contribution in [1.82, 2.24) is 4.72 Å². The lowest BCUT2D eigenvalue weighted by molar-refractivity contribution is -0.138. The molecule has 1 aromatic heterocycles. The van der Waals surface area contributed by atoms with Gasteiger partial charge in [0.1, 0.15) is 13.6 Å². The van der Waals surface area contributed by atoms with Gasteiger partial charge in [0.05, 0.1) is 10.0 Å². The average Bonchev–Trinajstić information content (AvgIpc) is 2.70. The number of benzene rings is 1. The summed E-state index contributed by atoms with van der Waals surface area (Å²) in [5.41, 5.74) is -1.10. The molecule has 0 spiro atoms. The second-order valence-corrected chi connectivity index (χ2v) is 8.99. The van der Waals surface area contributed by atoms with Crippen LogP contribution in [0, 0.1) is 0 Å². The summed E-state index contributed by atoms with van der Waals surface area (Å²) in [4.78, 5) is -0.293. The van der Waals surface area contributed by atoms with E-state index >= 15 is 0 Å². The third-order valence-electron chi connectivity index (χ3n) is 2.77. The first-order valence-electron chi connectivity index (χ1n) is 5.82. The Morgan fingerprint density at radius 3 is 2.30 bits per heavy atom. The van der Waals surface area contributed by atoms with Crippen molar-refractivity contribution in [3.63, 3.8) is 0 Å². The first kappa shape index (κ1) is 19.0. The van der Waals surface area contributed by atoms with Gasteiger partial charge in [0.2, 0.25) is 10.0 Å². The lowest BCUT2D eigenvalue weighted by atomic mass is 10.1. The topological polar surface area (TPSA) is 46.2 Å². The number of nitrogens with one attached hydrogen (secondary N) is 1. The molecule has 0 unspecified atom stereocenters. The Labute approximate surface area is 152 Å². The molecule has 0 aliphatic heterocycles. The number of halogens is 6. The van der Waals surface area contributed by atoms with Crippen molar-refractivity contribution in [2.45, 2.75) is 17.6 Å². The van der Waals surface area contributed by atoms with Gasteiger partial charge in [-0.25, -0.2) is 13.1 Å². The van der Waals surface area contributed by atoms with Crippen LogP contribution in [0.5, 0.6) is 0 Å². The monoisotopic (exact) mass is 467 g/mol. The second kappa shape index (κ2) is 6.89. The number of hydrogen-bond acceptors (Lipinski definition) is 3. The molecule has 126 valence electrons. The van der Waals surface area contributed by atoms with E-state index in [0.29, 0.717) is 0 Å². The lowest BCUT2D eigenvalue weighted by Gasteiger charge is -2.13. The zero-order valence-corrected chi connectivity index (χ0v) is 15.6. The van der Waals surface area contributed by atoms with Gasteiger partial charge in [0.15, 0.2) is 0 Å². The van der Waals surface area contributed by atoms with E-state index in [-0.39, 0.29) is 23.6 Å². The Morgan fingerprint density at radius 2 is 1.78 bits per heavy atom. The fourth-order valence-corrected chi connectivity index (χ4v) is 6.32. The maximum Gasteiger partial charge on any atom is 0.416 e.